The molecule has 2 rings (SSSR count). The predicted molar refractivity (Wildman–Crippen MR) is 81.9 cm³/mol. The Labute approximate surface area is 121 Å². The van der Waals surface area contributed by atoms with Crippen LogP contribution in [0.4, 0.5) is 0 Å². The quantitative estimate of drug-likeness (QED) is 0.772. The van der Waals surface area contributed by atoms with Crippen LogP contribution in [0.2, 0.25) is 0 Å². The molecule has 4 heteroatoms. The zero-order valence-corrected chi connectivity index (χ0v) is 13.2. The van der Waals surface area contributed by atoms with Gasteiger partial charge in [0.25, 0.3) is 0 Å². The minimum atomic E-state index is 0.993. The highest BCUT2D eigenvalue weighted by molar-refractivity contribution is 5.16. The van der Waals surface area contributed by atoms with E-state index in [9.17, 15) is 0 Å². The summed E-state index contributed by atoms with van der Waals surface area (Å²) in [5.74, 6) is 2.17. The highest BCUT2D eigenvalue weighted by Gasteiger charge is 2.15. The van der Waals surface area contributed by atoms with Crippen molar-refractivity contribution in [1.82, 2.24) is 19.5 Å². The molecule has 0 radical (unpaired) electrons. The molecule has 20 heavy (non-hydrogen) atoms. The third kappa shape index (κ3) is 2.94. The van der Waals surface area contributed by atoms with Gasteiger partial charge in [-0.1, -0.05) is 26.7 Å². The average Bonchev–Trinajstić information content (AvgIpc) is 2.97. The molecule has 0 atom stereocenters. The third-order valence-corrected chi connectivity index (χ3v) is 3.71. The van der Waals surface area contributed by atoms with Gasteiger partial charge in [-0.05, 0) is 38.8 Å². The van der Waals surface area contributed by atoms with E-state index in [-0.39, 0.29) is 0 Å². The maximum absolute atomic E-state index is 4.44. The van der Waals surface area contributed by atoms with Crippen LogP contribution in [0, 0.1) is 13.8 Å². The van der Waals surface area contributed by atoms with Crippen LogP contribution in [-0.2, 0) is 12.8 Å². The van der Waals surface area contributed by atoms with E-state index in [1.165, 1.54) is 24.2 Å². The molecule has 0 amide bonds. The van der Waals surface area contributed by atoms with Gasteiger partial charge in [-0.25, -0.2) is 4.68 Å². The van der Waals surface area contributed by atoms with Crippen LogP contribution in [0.15, 0.2) is 12.1 Å². The van der Waals surface area contributed by atoms with Crippen molar-refractivity contribution in [2.45, 2.75) is 66.2 Å². The first-order valence-electron chi connectivity index (χ1n) is 7.77. The average molecular weight is 274 g/mol. The highest BCUT2D eigenvalue weighted by atomic mass is 15.5. The van der Waals surface area contributed by atoms with Gasteiger partial charge in [-0.15, -0.1) is 10.2 Å². The molecule has 110 valence electrons. The number of unbranched alkanes of at least 4 members (excludes halogenated alkanes) is 2. The van der Waals surface area contributed by atoms with Gasteiger partial charge in [0, 0.05) is 24.2 Å². The lowest BCUT2D eigenvalue weighted by molar-refractivity contribution is 0.543. The van der Waals surface area contributed by atoms with Crippen LogP contribution >= 0.6 is 0 Å². The van der Waals surface area contributed by atoms with Crippen LogP contribution in [0.1, 0.15) is 62.6 Å². The Balaban J connectivity index is 2.43. The van der Waals surface area contributed by atoms with E-state index >= 15 is 0 Å². The maximum Gasteiger partial charge on any atom is 0.153 e. The lowest BCUT2D eigenvalue weighted by Gasteiger charge is -2.15. The molecule has 0 aliphatic rings. The molecule has 0 aliphatic carbocycles. The van der Waals surface area contributed by atoms with Crippen molar-refractivity contribution < 1.29 is 0 Å². The second-order valence-electron chi connectivity index (χ2n) is 5.48. The summed E-state index contributed by atoms with van der Waals surface area (Å²) in [4.78, 5) is 0. The van der Waals surface area contributed by atoms with Crippen molar-refractivity contribution >= 4 is 0 Å². The minimum absolute atomic E-state index is 0.993. The molecule has 2 aromatic rings. The first-order chi connectivity index (χ1) is 9.69. The fourth-order valence-corrected chi connectivity index (χ4v) is 2.54. The maximum atomic E-state index is 4.44. The highest BCUT2D eigenvalue weighted by Crippen LogP contribution is 2.15. The van der Waals surface area contributed by atoms with E-state index < -0.39 is 0 Å². The normalized spacial score (nSPS) is 11.2. The van der Waals surface area contributed by atoms with Crippen LogP contribution in [-0.4, -0.2) is 19.5 Å². The SMILES string of the molecule is CCCCc1nnc(CCCC)n1-n1c(C)ccc1C. The Morgan fingerprint density at radius 1 is 0.800 bits per heavy atom. The smallest absolute Gasteiger partial charge is 0.153 e. The van der Waals surface area contributed by atoms with E-state index in [1.54, 1.807) is 0 Å². The number of hydrogen-bond donors (Lipinski definition) is 0. The number of rotatable bonds is 7. The molecule has 0 saturated carbocycles. The molecule has 0 fully saturated rings. The van der Waals surface area contributed by atoms with Gasteiger partial charge in [-0.2, -0.15) is 0 Å². The molecule has 0 N–H and O–H groups in total. The molecule has 4 nitrogen and oxygen atoms in total. The fraction of sp³-hybridized carbons (Fsp3) is 0.625. The van der Waals surface area contributed by atoms with Gasteiger partial charge in [-0.3, -0.25) is 4.68 Å². The van der Waals surface area contributed by atoms with Crippen LogP contribution in [0.3, 0.4) is 0 Å². The van der Waals surface area contributed by atoms with Crippen molar-refractivity contribution in [1.29, 1.82) is 0 Å². The van der Waals surface area contributed by atoms with Crippen molar-refractivity contribution in [2.75, 3.05) is 0 Å². The molecule has 0 aromatic carbocycles. The summed E-state index contributed by atoms with van der Waals surface area (Å²) in [5.41, 5.74) is 2.47. The van der Waals surface area contributed by atoms with Gasteiger partial charge in [0.05, 0.1) is 0 Å². The fourth-order valence-electron chi connectivity index (χ4n) is 2.54. The Hall–Kier alpha value is -1.58. The summed E-state index contributed by atoms with van der Waals surface area (Å²) in [5, 5.41) is 8.87. The zero-order chi connectivity index (χ0) is 14.5. The Kier molecular flexibility index (Phi) is 4.99. The van der Waals surface area contributed by atoms with E-state index in [1.807, 2.05) is 0 Å². The molecule has 2 aromatic heterocycles. The van der Waals surface area contributed by atoms with Crippen LogP contribution < -0.4 is 0 Å². The first-order valence-corrected chi connectivity index (χ1v) is 7.77. The number of hydrogen-bond acceptors (Lipinski definition) is 2. The van der Waals surface area contributed by atoms with Gasteiger partial charge in [0.2, 0.25) is 0 Å². The minimum Gasteiger partial charge on any atom is -0.255 e. The van der Waals surface area contributed by atoms with E-state index in [2.05, 4.69) is 59.4 Å². The first kappa shape index (κ1) is 14.8. The second-order valence-corrected chi connectivity index (χ2v) is 5.48. The topological polar surface area (TPSA) is 35.6 Å². The lowest BCUT2D eigenvalue weighted by atomic mass is 10.2. The van der Waals surface area contributed by atoms with Crippen LogP contribution in [0.25, 0.3) is 0 Å². The summed E-state index contributed by atoms with van der Waals surface area (Å²) in [6.45, 7) is 8.70. The summed E-state index contributed by atoms with van der Waals surface area (Å²) >= 11 is 0. The van der Waals surface area contributed by atoms with Crippen molar-refractivity contribution in [3.8, 4) is 0 Å². The Bertz CT molecular complexity index is 506. The summed E-state index contributed by atoms with van der Waals surface area (Å²) < 4.78 is 4.48. The molecular formula is C16H26N4. The van der Waals surface area contributed by atoms with Crippen molar-refractivity contribution in [2.24, 2.45) is 0 Å². The largest absolute Gasteiger partial charge is 0.255 e. The summed E-state index contributed by atoms with van der Waals surface area (Å²) in [6.07, 6.45) is 6.66. The standard InChI is InChI=1S/C16H26N4/c1-5-7-9-15-17-18-16(10-8-6-2)20(15)19-13(3)11-12-14(19)4/h11-12H,5-10H2,1-4H3. The van der Waals surface area contributed by atoms with Gasteiger partial charge in [0.1, 0.15) is 0 Å². The van der Waals surface area contributed by atoms with E-state index in [0.717, 1.165) is 37.3 Å². The summed E-state index contributed by atoms with van der Waals surface area (Å²) in [6, 6.07) is 4.31. The second kappa shape index (κ2) is 6.73. The van der Waals surface area contributed by atoms with E-state index in [4.69, 9.17) is 0 Å². The Morgan fingerprint density at radius 3 is 1.65 bits per heavy atom. The molecule has 0 saturated heterocycles. The van der Waals surface area contributed by atoms with Crippen LogP contribution in [0.5, 0.6) is 0 Å². The third-order valence-electron chi connectivity index (χ3n) is 3.71. The van der Waals surface area contributed by atoms with Crippen molar-refractivity contribution in [3.63, 3.8) is 0 Å². The number of aryl methyl sites for hydroxylation is 4. The number of aromatic nitrogens is 4. The van der Waals surface area contributed by atoms with Gasteiger partial charge in [0.15, 0.2) is 11.6 Å². The Morgan fingerprint density at radius 2 is 1.25 bits per heavy atom. The van der Waals surface area contributed by atoms with Crippen molar-refractivity contribution in [3.05, 3.63) is 35.2 Å². The summed E-state index contributed by atoms with van der Waals surface area (Å²) in [7, 11) is 0. The van der Waals surface area contributed by atoms with Gasteiger partial charge >= 0.3 is 0 Å². The molecular weight excluding hydrogens is 248 g/mol. The zero-order valence-electron chi connectivity index (χ0n) is 13.2. The number of nitrogens with zero attached hydrogens (tertiary/aromatic N) is 4. The molecule has 0 aliphatic heterocycles. The molecule has 2 heterocycles. The predicted octanol–water partition coefficient (Wildman–Crippen LogP) is 3.69. The van der Waals surface area contributed by atoms with Gasteiger partial charge < -0.3 is 0 Å². The monoisotopic (exact) mass is 274 g/mol. The van der Waals surface area contributed by atoms with E-state index in [0.29, 0.717) is 0 Å². The molecule has 0 unspecified atom stereocenters. The molecule has 0 spiro atoms. The lowest BCUT2D eigenvalue weighted by Crippen LogP contribution is -2.19. The molecule has 0 bridgehead atoms.